The first kappa shape index (κ1) is 10.5. The number of aromatic nitrogens is 3. The van der Waals surface area contributed by atoms with E-state index in [9.17, 15) is 9.90 Å². The zero-order valence-electron chi connectivity index (χ0n) is 9.32. The summed E-state index contributed by atoms with van der Waals surface area (Å²) in [7, 11) is 0. The van der Waals surface area contributed by atoms with Crippen molar-refractivity contribution < 1.29 is 9.90 Å². The molecule has 0 atom stereocenters. The third-order valence-corrected chi connectivity index (χ3v) is 2.75. The van der Waals surface area contributed by atoms with Gasteiger partial charge in [-0.25, -0.2) is 4.79 Å². The number of carboxylic acid groups (broad SMARTS) is 1. The molecule has 0 aliphatic heterocycles. The summed E-state index contributed by atoms with van der Waals surface area (Å²) in [6.07, 6.45) is 3.04. The van der Waals surface area contributed by atoms with Crippen LogP contribution in [0.3, 0.4) is 0 Å². The lowest BCUT2D eigenvalue weighted by Crippen LogP contribution is -2.08. The fourth-order valence-electron chi connectivity index (χ4n) is 1.97. The van der Waals surface area contributed by atoms with Crippen molar-refractivity contribution in [2.75, 3.05) is 0 Å². The SMILES string of the molecule is O=C(O)c1ccc2ccccc2c1-n1nccn1. The number of carbonyl (C=O) groups is 1. The molecule has 0 aliphatic carbocycles. The molecule has 0 amide bonds. The quantitative estimate of drug-likeness (QED) is 0.743. The second-order valence-corrected chi connectivity index (χ2v) is 3.81. The minimum absolute atomic E-state index is 0.185. The van der Waals surface area contributed by atoms with Crippen molar-refractivity contribution in [3.05, 3.63) is 54.4 Å². The van der Waals surface area contributed by atoms with E-state index in [1.807, 2.05) is 24.3 Å². The normalized spacial score (nSPS) is 10.7. The van der Waals surface area contributed by atoms with Crippen LogP contribution in [0.15, 0.2) is 48.8 Å². The average Bonchev–Trinajstić information content (AvgIpc) is 2.90. The summed E-state index contributed by atoms with van der Waals surface area (Å²) in [5.74, 6) is -0.993. The lowest BCUT2D eigenvalue weighted by Gasteiger charge is -2.08. The van der Waals surface area contributed by atoms with Gasteiger partial charge in [-0.3, -0.25) is 0 Å². The fraction of sp³-hybridized carbons (Fsp3) is 0. The minimum atomic E-state index is -0.993. The minimum Gasteiger partial charge on any atom is -0.478 e. The molecule has 5 heteroatoms. The Balaban J connectivity index is 2.43. The Labute approximate surface area is 102 Å². The fourth-order valence-corrected chi connectivity index (χ4v) is 1.97. The largest absolute Gasteiger partial charge is 0.478 e. The number of nitrogens with zero attached hydrogens (tertiary/aromatic N) is 3. The number of rotatable bonds is 2. The van der Waals surface area contributed by atoms with Crippen molar-refractivity contribution in [2.45, 2.75) is 0 Å². The van der Waals surface area contributed by atoms with E-state index in [0.717, 1.165) is 10.8 Å². The van der Waals surface area contributed by atoms with Crippen LogP contribution in [-0.2, 0) is 0 Å². The van der Waals surface area contributed by atoms with Crippen LogP contribution in [0, 0.1) is 0 Å². The molecule has 0 unspecified atom stereocenters. The lowest BCUT2D eigenvalue weighted by molar-refractivity contribution is 0.0696. The first-order valence-electron chi connectivity index (χ1n) is 5.39. The van der Waals surface area contributed by atoms with E-state index in [4.69, 9.17) is 0 Å². The van der Waals surface area contributed by atoms with Crippen LogP contribution in [0.25, 0.3) is 16.5 Å². The molecule has 5 nitrogen and oxygen atoms in total. The van der Waals surface area contributed by atoms with Crippen LogP contribution >= 0.6 is 0 Å². The summed E-state index contributed by atoms with van der Waals surface area (Å²) in [6.45, 7) is 0. The third kappa shape index (κ3) is 1.53. The Morgan fingerprint density at radius 2 is 1.78 bits per heavy atom. The maximum Gasteiger partial charge on any atom is 0.337 e. The summed E-state index contributed by atoms with van der Waals surface area (Å²) >= 11 is 0. The zero-order chi connectivity index (χ0) is 12.5. The van der Waals surface area contributed by atoms with Gasteiger partial charge >= 0.3 is 5.97 Å². The molecule has 3 aromatic rings. The first-order chi connectivity index (χ1) is 8.77. The smallest absolute Gasteiger partial charge is 0.337 e. The van der Waals surface area contributed by atoms with Gasteiger partial charge < -0.3 is 5.11 Å². The van der Waals surface area contributed by atoms with Gasteiger partial charge in [0.1, 0.15) is 5.69 Å². The molecule has 0 fully saturated rings. The summed E-state index contributed by atoms with van der Waals surface area (Å²) in [4.78, 5) is 12.6. The van der Waals surface area contributed by atoms with Crippen LogP contribution in [0.1, 0.15) is 10.4 Å². The Morgan fingerprint density at radius 1 is 1.06 bits per heavy atom. The Kier molecular flexibility index (Phi) is 2.30. The molecular formula is C13H9N3O2. The molecule has 88 valence electrons. The van der Waals surface area contributed by atoms with E-state index in [0.29, 0.717) is 5.69 Å². The van der Waals surface area contributed by atoms with Crippen molar-refractivity contribution in [1.29, 1.82) is 0 Å². The number of hydrogen-bond donors (Lipinski definition) is 1. The number of fused-ring (bicyclic) bond motifs is 1. The maximum atomic E-state index is 11.3. The van der Waals surface area contributed by atoms with E-state index >= 15 is 0 Å². The van der Waals surface area contributed by atoms with E-state index in [1.165, 1.54) is 17.2 Å². The highest BCUT2D eigenvalue weighted by molar-refractivity contribution is 6.02. The van der Waals surface area contributed by atoms with Crippen molar-refractivity contribution in [3.63, 3.8) is 0 Å². The predicted octanol–water partition coefficient (Wildman–Crippen LogP) is 2.12. The molecule has 0 radical (unpaired) electrons. The van der Waals surface area contributed by atoms with E-state index in [2.05, 4.69) is 10.2 Å². The van der Waals surface area contributed by atoms with Gasteiger partial charge in [0.2, 0.25) is 0 Å². The first-order valence-corrected chi connectivity index (χ1v) is 5.39. The molecule has 0 bridgehead atoms. The Hall–Kier alpha value is -2.69. The molecule has 3 rings (SSSR count). The number of carboxylic acids is 1. The van der Waals surface area contributed by atoms with Gasteiger partial charge in [-0.1, -0.05) is 30.3 Å². The highest BCUT2D eigenvalue weighted by Crippen LogP contribution is 2.25. The van der Waals surface area contributed by atoms with Gasteiger partial charge in [-0.2, -0.15) is 15.0 Å². The van der Waals surface area contributed by atoms with Gasteiger partial charge in [0.15, 0.2) is 0 Å². The molecule has 1 heterocycles. The summed E-state index contributed by atoms with van der Waals surface area (Å²) in [6, 6.07) is 10.9. The van der Waals surface area contributed by atoms with E-state index < -0.39 is 5.97 Å². The molecule has 0 spiro atoms. The molecule has 0 aliphatic rings. The van der Waals surface area contributed by atoms with Crippen LogP contribution in [0.2, 0.25) is 0 Å². The molecule has 0 saturated heterocycles. The summed E-state index contributed by atoms with van der Waals surface area (Å²) in [5, 5.41) is 19.1. The Morgan fingerprint density at radius 3 is 2.50 bits per heavy atom. The molecule has 0 saturated carbocycles. The van der Waals surface area contributed by atoms with E-state index in [1.54, 1.807) is 12.1 Å². The third-order valence-electron chi connectivity index (χ3n) is 2.75. The highest BCUT2D eigenvalue weighted by Gasteiger charge is 2.15. The van der Waals surface area contributed by atoms with Crippen molar-refractivity contribution in [2.24, 2.45) is 0 Å². The van der Waals surface area contributed by atoms with Gasteiger partial charge in [-0.05, 0) is 11.5 Å². The number of benzene rings is 2. The van der Waals surface area contributed by atoms with Crippen LogP contribution < -0.4 is 0 Å². The maximum absolute atomic E-state index is 11.3. The Bertz CT molecular complexity index is 720. The molecule has 1 aromatic heterocycles. The summed E-state index contributed by atoms with van der Waals surface area (Å²) in [5.41, 5.74) is 0.676. The van der Waals surface area contributed by atoms with Crippen LogP contribution in [0.5, 0.6) is 0 Å². The second-order valence-electron chi connectivity index (χ2n) is 3.81. The second kappa shape index (κ2) is 3.96. The van der Waals surface area contributed by atoms with Crippen LogP contribution in [0.4, 0.5) is 0 Å². The zero-order valence-corrected chi connectivity index (χ0v) is 9.32. The van der Waals surface area contributed by atoms with Gasteiger partial charge in [0, 0.05) is 5.39 Å². The lowest BCUT2D eigenvalue weighted by atomic mass is 10.0. The van der Waals surface area contributed by atoms with Crippen molar-refractivity contribution in [3.8, 4) is 5.69 Å². The van der Waals surface area contributed by atoms with Crippen molar-refractivity contribution in [1.82, 2.24) is 15.0 Å². The average molecular weight is 239 g/mol. The van der Waals surface area contributed by atoms with Crippen LogP contribution in [-0.4, -0.2) is 26.1 Å². The molecular weight excluding hydrogens is 230 g/mol. The molecule has 18 heavy (non-hydrogen) atoms. The van der Waals surface area contributed by atoms with Gasteiger partial charge in [0.05, 0.1) is 18.0 Å². The predicted molar refractivity (Wildman–Crippen MR) is 65.8 cm³/mol. The topological polar surface area (TPSA) is 68.0 Å². The number of aromatic carboxylic acids is 1. The highest BCUT2D eigenvalue weighted by atomic mass is 16.4. The standard InChI is InChI=1S/C13H9N3O2/c17-13(18)11-6-5-9-3-1-2-4-10(9)12(11)16-14-7-8-15-16/h1-8H,(H,17,18). The van der Waals surface area contributed by atoms with Crippen molar-refractivity contribution >= 4 is 16.7 Å². The van der Waals surface area contributed by atoms with E-state index in [-0.39, 0.29) is 5.56 Å². The molecule has 1 N–H and O–H groups in total. The number of hydrogen-bond acceptors (Lipinski definition) is 3. The van der Waals surface area contributed by atoms with Gasteiger partial charge in [-0.15, -0.1) is 0 Å². The molecule has 2 aromatic carbocycles. The monoisotopic (exact) mass is 239 g/mol. The van der Waals surface area contributed by atoms with Gasteiger partial charge in [0.25, 0.3) is 0 Å². The summed E-state index contributed by atoms with van der Waals surface area (Å²) < 4.78 is 0.